The first-order chi connectivity index (χ1) is 14.5. The highest BCUT2D eigenvalue weighted by atomic mass is 32.2. The summed E-state index contributed by atoms with van der Waals surface area (Å²) in [6.07, 6.45) is 7.47. The highest BCUT2D eigenvalue weighted by molar-refractivity contribution is 7.75. The lowest BCUT2D eigenvalue weighted by atomic mass is 9.99. The molecular formula is C24H30N3O2S-. The van der Waals surface area contributed by atoms with Gasteiger partial charge in [-0.1, -0.05) is 42.2 Å². The third-order valence-electron chi connectivity index (χ3n) is 6.26. The first-order valence-corrected chi connectivity index (χ1v) is 12.1. The van der Waals surface area contributed by atoms with Crippen LogP contribution in [0.25, 0.3) is 0 Å². The van der Waals surface area contributed by atoms with Gasteiger partial charge in [0.2, 0.25) is 0 Å². The number of fused-ring (bicyclic) bond motifs is 2. The summed E-state index contributed by atoms with van der Waals surface area (Å²) in [5.41, 5.74) is 7.28. The minimum atomic E-state index is -1.71. The molecule has 0 radical (unpaired) electrons. The molecule has 0 fully saturated rings. The Balaban J connectivity index is 1.47. The van der Waals surface area contributed by atoms with Gasteiger partial charge in [0.1, 0.15) is 0 Å². The largest absolute Gasteiger partial charge is 0.439 e. The molecular weight excluding hydrogens is 394 g/mol. The van der Waals surface area contributed by atoms with E-state index in [4.69, 9.17) is 0 Å². The van der Waals surface area contributed by atoms with Gasteiger partial charge in [0.25, 0.3) is 0 Å². The molecule has 1 unspecified atom stereocenters. The molecule has 2 aliphatic rings. The molecule has 4 rings (SSSR count). The molecule has 0 saturated heterocycles. The second kappa shape index (κ2) is 9.31. The summed E-state index contributed by atoms with van der Waals surface area (Å²) in [5.74, 6) is 0. The van der Waals surface area contributed by atoms with Crippen LogP contribution in [0.2, 0.25) is 0 Å². The Hall–Kier alpha value is -2.18. The number of aryl methyl sites for hydroxylation is 2. The van der Waals surface area contributed by atoms with E-state index in [1.807, 2.05) is 12.1 Å². The summed E-state index contributed by atoms with van der Waals surface area (Å²) in [4.78, 5) is 13.1. The van der Waals surface area contributed by atoms with Crippen molar-refractivity contribution in [2.45, 2.75) is 76.3 Å². The fourth-order valence-electron chi connectivity index (χ4n) is 4.39. The van der Waals surface area contributed by atoms with Crippen molar-refractivity contribution in [3.05, 3.63) is 58.1 Å². The first-order valence-electron chi connectivity index (χ1n) is 11.0. The number of nitrogens with zero attached hydrogens (tertiary/aromatic N) is 1. The van der Waals surface area contributed by atoms with Gasteiger partial charge in [0, 0.05) is 18.3 Å². The van der Waals surface area contributed by atoms with Gasteiger partial charge in [0.05, 0.1) is 0 Å². The van der Waals surface area contributed by atoms with Gasteiger partial charge >= 0.3 is 6.03 Å². The predicted octanol–water partition coefficient (Wildman–Crippen LogP) is 5.29. The topological polar surface area (TPSA) is 70.6 Å². The van der Waals surface area contributed by atoms with Crippen LogP contribution in [0.3, 0.4) is 0 Å². The van der Waals surface area contributed by atoms with Crippen molar-refractivity contribution in [1.82, 2.24) is 5.32 Å². The van der Waals surface area contributed by atoms with Crippen LogP contribution in [0, 0.1) is 0 Å². The molecule has 2 amide bonds. The predicted molar refractivity (Wildman–Crippen MR) is 121 cm³/mol. The highest BCUT2D eigenvalue weighted by Crippen LogP contribution is 2.38. The Bertz CT molecular complexity index is 991. The second-order valence-corrected chi connectivity index (χ2v) is 9.49. The summed E-state index contributed by atoms with van der Waals surface area (Å²) in [6.45, 7) is 5.07. The lowest BCUT2D eigenvalue weighted by molar-refractivity contribution is 0.260. The normalized spacial score (nSPS) is 16.9. The molecule has 0 saturated carbocycles. The summed E-state index contributed by atoms with van der Waals surface area (Å²) in [6, 6.07) is 9.72. The number of hydrogen-bond donors (Lipinski definition) is 2. The van der Waals surface area contributed by atoms with Crippen molar-refractivity contribution in [1.29, 1.82) is 0 Å². The summed E-state index contributed by atoms with van der Waals surface area (Å²) in [7, 11) is -1.71. The van der Waals surface area contributed by atoms with Gasteiger partial charge < -0.3 is 19.2 Å². The van der Waals surface area contributed by atoms with Crippen molar-refractivity contribution in [3.63, 3.8) is 0 Å². The Morgan fingerprint density at radius 1 is 1.07 bits per heavy atom. The average molecular weight is 425 g/mol. The van der Waals surface area contributed by atoms with Crippen LogP contribution in [-0.4, -0.2) is 12.1 Å². The zero-order chi connectivity index (χ0) is 21.1. The van der Waals surface area contributed by atoms with Crippen molar-refractivity contribution in [2.24, 2.45) is 4.36 Å². The monoisotopic (exact) mass is 424 g/mol. The molecule has 1 atom stereocenters. The van der Waals surface area contributed by atoms with E-state index in [1.54, 1.807) is 12.1 Å². The minimum absolute atomic E-state index is 0.457. The first kappa shape index (κ1) is 21.1. The number of hydrogen-bond acceptors (Lipinski definition) is 4. The molecule has 0 heterocycles. The highest BCUT2D eigenvalue weighted by Gasteiger charge is 2.24. The molecule has 0 aliphatic heterocycles. The molecule has 0 spiro atoms. The average Bonchev–Trinajstić information content (AvgIpc) is 3.41. The molecule has 2 aromatic carbocycles. The number of anilines is 1. The van der Waals surface area contributed by atoms with Gasteiger partial charge in [-0.3, -0.25) is 0 Å². The van der Waals surface area contributed by atoms with Gasteiger partial charge in [-0.25, -0.2) is 4.79 Å². The molecule has 0 bridgehead atoms. The van der Waals surface area contributed by atoms with Gasteiger partial charge in [-0.15, -0.1) is 0 Å². The van der Waals surface area contributed by atoms with Crippen LogP contribution in [0.4, 0.5) is 10.5 Å². The Morgan fingerprint density at radius 3 is 2.30 bits per heavy atom. The lowest BCUT2D eigenvalue weighted by Crippen LogP contribution is -2.24. The molecule has 160 valence electrons. The molecule has 2 N–H and O–H groups in total. The summed E-state index contributed by atoms with van der Waals surface area (Å²) >= 11 is 0. The van der Waals surface area contributed by atoms with E-state index in [1.165, 1.54) is 22.3 Å². The van der Waals surface area contributed by atoms with Crippen molar-refractivity contribution < 1.29 is 9.00 Å². The molecule has 6 heteroatoms. The van der Waals surface area contributed by atoms with E-state index in [0.29, 0.717) is 10.9 Å². The molecule has 5 nitrogen and oxygen atoms in total. The standard InChI is InChI=1S/C24H30N3O2S/c1-3-16(2)25-15-17-10-12-20(13-11-17)30(29)27-24(28)26-23-21-8-4-6-18(21)14-19-7-5-9-22(19)23/h10-14,16,25H,3-9,15H2,1-2H3,(H,26,28)/q-1. The van der Waals surface area contributed by atoms with Crippen LogP contribution in [0.5, 0.6) is 0 Å². The lowest BCUT2D eigenvalue weighted by Gasteiger charge is -2.16. The number of rotatable bonds is 6. The number of carbonyl (C=O) groups excluding carboxylic acids is 1. The number of nitrogens with one attached hydrogen (secondary N) is 2. The fraction of sp³-hybridized carbons (Fsp3) is 0.458. The van der Waals surface area contributed by atoms with Crippen LogP contribution in [0.1, 0.15) is 60.9 Å². The van der Waals surface area contributed by atoms with Gasteiger partial charge in [0.15, 0.2) is 0 Å². The minimum Gasteiger partial charge on any atom is -0.439 e. The van der Waals surface area contributed by atoms with Crippen LogP contribution in [0.15, 0.2) is 39.6 Å². The quantitative estimate of drug-likeness (QED) is 0.619. The molecule has 2 aromatic rings. The summed E-state index contributed by atoms with van der Waals surface area (Å²) in [5, 5.41) is 6.42. The van der Waals surface area contributed by atoms with Crippen molar-refractivity contribution in [3.8, 4) is 0 Å². The molecule has 30 heavy (non-hydrogen) atoms. The van der Waals surface area contributed by atoms with E-state index in [-0.39, 0.29) is 0 Å². The van der Waals surface area contributed by atoms with Crippen molar-refractivity contribution in [2.75, 3.05) is 5.32 Å². The number of amides is 2. The maximum atomic E-state index is 12.6. The van der Waals surface area contributed by atoms with E-state index in [9.17, 15) is 9.00 Å². The SMILES string of the molecule is CCC(C)NCc1ccc(/[S-](=O)=N\C(=O)Nc2c3c(cc4c2CCC4)CCC3)cc1. The van der Waals surface area contributed by atoms with E-state index < -0.39 is 16.6 Å². The maximum absolute atomic E-state index is 12.6. The fourth-order valence-corrected chi connectivity index (χ4v) is 5.06. The van der Waals surface area contributed by atoms with E-state index >= 15 is 0 Å². The van der Waals surface area contributed by atoms with Crippen LogP contribution < -0.4 is 10.6 Å². The third-order valence-corrected chi connectivity index (χ3v) is 7.27. The third kappa shape index (κ3) is 4.60. The zero-order valence-corrected chi connectivity index (χ0v) is 18.6. The molecule has 2 aliphatic carbocycles. The Kier molecular flexibility index (Phi) is 6.54. The second-order valence-electron chi connectivity index (χ2n) is 8.34. The Labute approximate surface area is 180 Å². The van der Waals surface area contributed by atoms with Gasteiger partial charge in [-0.05, 0) is 79.7 Å². The van der Waals surface area contributed by atoms with Crippen molar-refractivity contribution >= 4 is 22.3 Å². The summed E-state index contributed by atoms with van der Waals surface area (Å²) < 4.78 is 16.5. The number of urea groups is 1. The van der Waals surface area contributed by atoms with E-state index in [2.05, 4.69) is 34.9 Å². The van der Waals surface area contributed by atoms with Crippen LogP contribution in [-0.2, 0) is 47.0 Å². The molecule has 0 aromatic heterocycles. The van der Waals surface area contributed by atoms with Crippen LogP contribution >= 0.6 is 0 Å². The van der Waals surface area contributed by atoms with E-state index in [0.717, 1.165) is 62.7 Å². The van der Waals surface area contributed by atoms with Gasteiger partial charge in [-0.2, -0.15) is 10.6 Å². The number of benzene rings is 2. The zero-order valence-electron chi connectivity index (χ0n) is 17.8. The maximum Gasteiger partial charge on any atom is 0.322 e. The Morgan fingerprint density at radius 2 is 1.70 bits per heavy atom. The smallest absolute Gasteiger partial charge is 0.322 e. The number of carbonyl (C=O) groups is 1.